The Hall–Kier alpha value is -0.340. The van der Waals surface area contributed by atoms with E-state index in [1.165, 1.54) is 50.5 Å². The molecular formula is C25H42O2. The number of hydrogen-bond donors (Lipinski definition) is 1. The summed E-state index contributed by atoms with van der Waals surface area (Å²) < 4.78 is 6.55. The molecule has 154 valence electrons. The molecule has 0 radical (unpaired) electrons. The van der Waals surface area contributed by atoms with E-state index >= 15 is 0 Å². The van der Waals surface area contributed by atoms with Crippen molar-refractivity contribution >= 4 is 0 Å². The van der Waals surface area contributed by atoms with Gasteiger partial charge in [0.15, 0.2) is 0 Å². The van der Waals surface area contributed by atoms with Crippen molar-refractivity contribution < 1.29 is 9.84 Å². The average Bonchev–Trinajstić information content (AvgIpc) is 2.50. The van der Waals surface area contributed by atoms with E-state index in [0.29, 0.717) is 17.8 Å². The molecule has 0 aromatic heterocycles. The zero-order chi connectivity index (χ0) is 19.7. The summed E-state index contributed by atoms with van der Waals surface area (Å²) in [4.78, 5) is 0. The molecule has 3 aliphatic carbocycles. The highest BCUT2D eigenvalue weighted by molar-refractivity contribution is 5.16. The van der Waals surface area contributed by atoms with Crippen LogP contribution >= 0.6 is 0 Å². The first-order valence-electron chi connectivity index (χ1n) is 11.5. The largest absolute Gasteiger partial charge is 0.393 e. The molecule has 27 heavy (non-hydrogen) atoms. The lowest BCUT2D eigenvalue weighted by atomic mass is 9.37. The summed E-state index contributed by atoms with van der Waals surface area (Å²) in [7, 11) is 0. The second-order valence-electron chi connectivity index (χ2n) is 12.0. The minimum Gasteiger partial charge on any atom is -0.393 e. The maximum Gasteiger partial charge on any atom is 0.0692 e. The second-order valence-corrected chi connectivity index (χ2v) is 12.0. The zero-order valence-electron chi connectivity index (χ0n) is 18.6. The van der Waals surface area contributed by atoms with Gasteiger partial charge >= 0.3 is 0 Å². The average molecular weight is 375 g/mol. The zero-order valence-corrected chi connectivity index (χ0v) is 18.6. The number of hydrogen-bond acceptors (Lipinski definition) is 2. The Labute approximate surface area is 167 Å². The van der Waals surface area contributed by atoms with Gasteiger partial charge in [-0.3, -0.25) is 0 Å². The first-order chi connectivity index (χ1) is 12.5. The summed E-state index contributed by atoms with van der Waals surface area (Å²) in [5, 5.41) is 11.5. The van der Waals surface area contributed by atoms with Gasteiger partial charge in [0.25, 0.3) is 0 Å². The van der Waals surface area contributed by atoms with Gasteiger partial charge in [-0.2, -0.15) is 0 Å². The van der Waals surface area contributed by atoms with Crippen molar-refractivity contribution in [2.45, 2.75) is 105 Å². The van der Waals surface area contributed by atoms with E-state index in [4.69, 9.17) is 4.74 Å². The summed E-state index contributed by atoms with van der Waals surface area (Å²) in [5.41, 5.74) is 2.15. The maximum atomic E-state index is 11.5. The molecule has 4 rings (SSSR count). The van der Waals surface area contributed by atoms with Gasteiger partial charge in [-0.25, -0.2) is 0 Å². The minimum absolute atomic E-state index is 0.0322. The Balaban J connectivity index is 1.75. The molecule has 3 fully saturated rings. The molecule has 0 saturated heterocycles. The van der Waals surface area contributed by atoms with Gasteiger partial charge in [0.1, 0.15) is 0 Å². The lowest BCUT2D eigenvalue weighted by molar-refractivity contribution is -0.250. The van der Waals surface area contributed by atoms with Gasteiger partial charge in [-0.05, 0) is 92.8 Å². The van der Waals surface area contributed by atoms with Crippen molar-refractivity contribution in [2.24, 2.45) is 34.0 Å². The fraction of sp³-hybridized carbons (Fsp3) is 0.920. The Morgan fingerprint density at radius 1 is 0.963 bits per heavy atom. The molecule has 1 aliphatic heterocycles. The highest BCUT2D eigenvalue weighted by atomic mass is 16.5. The van der Waals surface area contributed by atoms with Gasteiger partial charge in [0, 0.05) is 0 Å². The molecule has 0 spiro atoms. The maximum absolute atomic E-state index is 11.5. The first kappa shape index (κ1) is 20.0. The normalized spacial score (nSPS) is 54.4. The summed E-state index contributed by atoms with van der Waals surface area (Å²) in [5.74, 6) is 1.70. The van der Waals surface area contributed by atoms with Crippen LogP contribution in [0.3, 0.4) is 0 Å². The summed E-state index contributed by atoms with van der Waals surface area (Å²) in [6, 6.07) is 0. The molecule has 2 heteroatoms. The Kier molecular flexibility index (Phi) is 4.68. The molecule has 1 N–H and O–H groups in total. The SMILES string of the molecule is C/C1=C/CO[C@@]2(C)CC[C@@H]3[C@@]4(C)CCCC(C)(C)[C@@H]4[C@@H](O)C[C@@]3(C)[C@@H]2CC1. The fourth-order valence-corrected chi connectivity index (χ4v) is 8.95. The first-order valence-corrected chi connectivity index (χ1v) is 11.5. The molecule has 3 saturated carbocycles. The van der Waals surface area contributed by atoms with Crippen LogP contribution in [0.15, 0.2) is 11.6 Å². The summed E-state index contributed by atoms with van der Waals surface area (Å²) in [6.45, 7) is 15.3. The number of fused-ring (bicyclic) bond motifs is 5. The number of rotatable bonds is 0. The number of aliphatic hydroxyl groups is 1. The van der Waals surface area contributed by atoms with Gasteiger partial charge in [-0.15, -0.1) is 0 Å². The smallest absolute Gasteiger partial charge is 0.0692 e. The van der Waals surface area contributed by atoms with Crippen molar-refractivity contribution in [3.8, 4) is 0 Å². The van der Waals surface area contributed by atoms with E-state index in [0.717, 1.165) is 13.0 Å². The third-order valence-corrected chi connectivity index (χ3v) is 9.85. The molecule has 2 nitrogen and oxygen atoms in total. The number of allylic oxidation sites excluding steroid dienone is 1. The van der Waals surface area contributed by atoms with Gasteiger partial charge in [-0.1, -0.05) is 45.8 Å². The predicted molar refractivity (Wildman–Crippen MR) is 112 cm³/mol. The van der Waals surface area contributed by atoms with Crippen molar-refractivity contribution in [1.82, 2.24) is 0 Å². The Bertz CT molecular complexity index is 622. The van der Waals surface area contributed by atoms with Crippen molar-refractivity contribution in [3.63, 3.8) is 0 Å². The van der Waals surface area contributed by atoms with E-state index in [1.807, 2.05) is 0 Å². The van der Waals surface area contributed by atoms with E-state index in [2.05, 4.69) is 47.6 Å². The van der Waals surface area contributed by atoms with Crippen LogP contribution in [0.25, 0.3) is 0 Å². The Morgan fingerprint density at radius 2 is 1.70 bits per heavy atom. The highest BCUT2D eigenvalue weighted by Crippen LogP contribution is 2.70. The highest BCUT2D eigenvalue weighted by Gasteiger charge is 2.66. The lowest BCUT2D eigenvalue weighted by Crippen LogP contribution is -2.66. The van der Waals surface area contributed by atoms with Crippen LogP contribution in [0.2, 0.25) is 0 Å². The van der Waals surface area contributed by atoms with E-state index in [1.54, 1.807) is 0 Å². The second kappa shape index (κ2) is 6.33. The number of ether oxygens (including phenoxy) is 1. The molecule has 0 aromatic rings. The predicted octanol–water partition coefficient (Wildman–Crippen LogP) is 6.13. The molecule has 0 bridgehead atoms. The minimum atomic E-state index is -0.170. The Morgan fingerprint density at radius 3 is 2.44 bits per heavy atom. The lowest BCUT2D eigenvalue weighted by Gasteiger charge is -2.69. The van der Waals surface area contributed by atoms with Gasteiger partial charge in [0.05, 0.1) is 18.3 Å². The standard InChI is InChI=1S/C25H42O2/c1-17-8-9-20-24(5)16-18(26)21-22(2,3)12-7-13-23(21,4)19(24)10-14-25(20,6)27-15-11-17/h11,18-21,26H,7-10,12-16H2,1-6H3/b17-11-/t18-,19+,20-,21-,23+,24+,25-/m0/s1. The van der Waals surface area contributed by atoms with E-state index in [-0.39, 0.29) is 27.9 Å². The van der Waals surface area contributed by atoms with Crippen LogP contribution in [0.5, 0.6) is 0 Å². The molecule has 0 unspecified atom stereocenters. The molecule has 7 atom stereocenters. The number of aliphatic hydroxyl groups excluding tert-OH is 1. The molecule has 4 aliphatic rings. The molecule has 0 amide bonds. The van der Waals surface area contributed by atoms with Crippen LogP contribution < -0.4 is 0 Å². The fourth-order valence-electron chi connectivity index (χ4n) is 8.95. The molecule has 1 heterocycles. The third-order valence-electron chi connectivity index (χ3n) is 9.85. The van der Waals surface area contributed by atoms with Crippen LogP contribution in [0, 0.1) is 34.0 Å². The van der Waals surface area contributed by atoms with Crippen molar-refractivity contribution in [3.05, 3.63) is 11.6 Å². The quantitative estimate of drug-likeness (QED) is 0.517. The molecular weight excluding hydrogens is 332 g/mol. The van der Waals surface area contributed by atoms with Crippen LogP contribution in [0.4, 0.5) is 0 Å². The van der Waals surface area contributed by atoms with Crippen LogP contribution in [0.1, 0.15) is 92.9 Å². The van der Waals surface area contributed by atoms with E-state index in [9.17, 15) is 5.11 Å². The van der Waals surface area contributed by atoms with Crippen molar-refractivity contribution in [1.29, 1.82) is 0 Å². The van der Waals surface area contributed by atoms with Gasteiger partial charge in [0.2, 0.25) is 0 Å². The topological polar surface area (TPSA) is 29.5 Å². The monoisotopic (exact) mass is 374 g/mol. The van der Waals surface area contributed by atoms with Crippen LogP contribution in [-0.2, 0) is 4.74 Å². The van der Waals surface area contributed by atoms with E-state index < -0.39 is 0 Å². The van der Waals surface area contributed by atoms with Crippen LogP contribution in [-0.4, -0.2) is 23.4 Å². The summed E-state index contributed by atoms with van der Waals surface area (Å²) in [6.07, 6.45) is 11.8. The van der Waals surface area contributed by atoms with Gasteiger partial charge < -0.3 is 9.84 Å². The molecule has 0 aromatic carbocycles. The summed E-state index contributed by atoms with van der Waals surface area (Å²) >= 11 is 0. The van der Waals surface area contributed by atoms with Crippen molar-refractivity contribution in [2.75, 3.05) is 6.61 Å². The third kappa shape index (κ3) is 2.88.